The third-order valence-electron chi connectivity index (χ3n) is 6.65. The molecule has 11 heteroatoms. The Morgan fingerprint density at radius 3 is 2.56 bits per heavy atom. The molecule has 3 aliphatic rings. The minimum absolute atomic E-state index is 0.0452. The van der Waals surface area contributed by atoms with Crippen molar-refractivity contribution in [3.63, 3.8) is 0 Å². The molecule has 0 saturated carbocycles. The molecule has 0 spiro atoms. The van der Waals surface area contributed by atoms with E-state index < -0.39 is 10.0 Å². The largest absolute Gasteiger partial charge is 0.338 e. The Hall–Kier alpha value is -2.37. The second-order valence-electron chi connectivity index (χ2n) is 8.66. The standard InChI is InChI=1S/C21H25N5O4S2/c1-13-20(31-24-23-13)21(28)25-7-4-14(5-8-25)12-22-32(29,30)17-10-15-2-3-18(27)26-9-6-16(11-17)19(15)26/h10-11,14,22H,2-9,12H2,1H3. The van der Waals surface area contributed by atoms with Gasteiger partial charge in [0.05, 0.1) is 16.3 Å². The van der Waals surface area contributed by atoms with E-state index in [-0.39, 0.29) is 22.6 Å². The summed E-state index contributed by atoms with van der Waals surface area (Å²) >= 11 is 1.11. The number of aromatic nitrogens is 2. The van der Waals surface area contributed by atoms with Crippen LogP contribution in [0.5, 0.6) is 0 Å². The Labute approximate surface area is 191 Å². The lowest BCUT2D eigenvalue weighted by atomic mass is 9.97. The number of hydrogen-bond donors (Lipinski definition) is 1. The van der Waals surface area contributed by atoms with Gasteiger partial charge in [0.2, 0.25) is 15.9 Å². The predicted octanol–water partition coefficient (Wildman–Crippen LogP) is 1.51. The topological polar surface area (TPSA) is 113 Å². The summed E-state index contributed by atoms with van der Waals surface area (Å²) in [5.41, 5.74) is 3.45. The van der Waals surface area contributed by atoms with Crippen molar-refractivity contribution in [2.45, 2.75) is 43.9 Å². The zero-order valence-corrected chi connectivity index (χ0v) is 19.5. The molecule has 3 aliphatic heterocycles. The Morgan fingerprint density at radius 1 is 1.16 bits per heavy atom. The number of carbonyl (C=O) groups excluding carboxylic acids is 2. The number of benzene rings is 1. The number of sulfonamides is 1. The summed E-state index contributed by atoms with van der Waals surface area (Å²) in [7, 11) is -3.64. The van der Waals surface area contributed by atoms with E-state index in [1.807, 2.05) is 0 Å². The highest BCUT2D eigenvalue weighted by molar-refractivity contribution is 7.89. The van der Waals surface area contributed by atoms with Crippen molar-refractivity contribution in [2.75, 3.05) is 31.1 Å². The Balaban J connectivity index is 1.21. The van der Waals surface area contributed by atoms with Crippen LogP contribution in [0.3, 0.4) is 0 Å². The monoisotopic (exact) mass is 475 g/mol. The average Bonchev–Trinajstić information content (AvgIpc) is 3.42. The maximum atomic E-state index is 13.0. The molecule has 0 aliphatic carbocycles. The summed E-state index contributed by atoms with van der Waals surface area (Å²) in [6, 6.07) is 3.44. The summed E-state index contributed by atoms with van der Waals surface area (Å²) in [6.45, 7) is 3.95. The fourth-order valence-electron chi connectivity index (χ4n) is 4.80. The van der Waals surface area contributed by atoms with Gasteiger partial charge in [-0.15, -0.1) is 5.10 Å². The first-order chi connectivity index (χ1) is 15.3. The van der Waals surface area contributed by atoms with Gasteiger partial charge in [-0.25, -0.2) is 13.1 Å². The van der Waals surface area contributed by atoms with E-state index in [2.05, 4.69) is 14.3 Å². The molecule has 2 aromatic rings. The molecule has 1 fully saturated rings. The van der Waals surface area contributed by atoms with E-state index in [1.165, 1.54) is 0 Å². The molecule has 32 heavy (non-hydrogen) atoms. The van der Waals surface area contributed by atoms with Gasteiger partial charge in [0.15, 0.2) is 0 Å². The molecule has 4 heterocycles. The van der Waals surface area contributed by atoms with Crippen molar-refractivity contribution >= 4 is 39.1 Å². The maximum Gasteiger partial charge on any atom is 0.267 e. The lowest BCUT2D eigenvalue weighted by molar-refractivity contribution is -0.118. The van der Waals surface area contributed by atoms with Gasteiger partial charge in [-0.3, -0.25) is 9.59 Å². The molecule has 0 bridgehead atoms. The second kappa shape index (κ2) is 8.20. The number of amides is 2. The van der Waals surface area contributed by atoms with Gasteiger partial charge in [-0.05, 0) is 73.3 Å². The summed E-state index contributed by atoms with van der Waals surface area (Å²) in [5, 5.41) is 3.90. The first kappa shape index (κ1) is 21.5. The molecule has 170 valence electrons. The summed E-state index contributed by atoms with van der Waals surface area (Å²) < 4.78 is 32.6. The van der Waals surface area contributed by atoms with Gasteiger partial charge < -0.3 is 9.80 Å². The van der Waals surface area contributed by atoms with Crippen LogP contribution in [0.25, 0.3) is 0 Å². The fraction of sp³-hybridized carbons (Fsp3) is 0.524. The number of nitrogens with one attached hydrogen (secondary N) is 1. The minimum Gasteiger partial charge on any atom is -0.338 e. The second-order valence-corrected chi connectivity index (χ2v) is 11.2. The lowest BCUT2D eigenvalue weighted by Crippen LogP contribution is -2.41. The number of anilines is 1. The van der Waals surface area contributed by atoms with E-state index in [4.69, 9.17) is 0 Å². The van der Waals surface area contributed by atoms with Crippen LogP contribution in [-0.2, 0) is 27.7 Å². The molecular weight excluding hydrogens is 450 g/mol. The van der Waals surface area contributed by atoms with Crippen LogP contribution in [-0.4, -0.2) is 60.9 Å². The minimum atomic E-state index is -3.64. The number of hydrogen-bond acceptors (Lipinski definition) is 7. The number of nitrogens with zero attached hydrogens (tertiary/aromatic N) is 4. The molecule has 1 N–H and O–H groups in total. The van der Waals surface area contributed by atoms with Gasteiger partial charge in [-0.2, -0.15) is 0 Å². The zero-order chi connectivity index (χ0) is 22.5. The maximum absolute atomic E-state index is 13.0. The molecule has 1 saturated heterocycles. The lowest BCUT2D eigenvalue weighted by Gasteiger charge is -2.31. The highest BCUT2D eigenvalue weighted by atomic mass is 32.2. The molecule has 0 radical (unpaired) electrons. The molecule has 0 unspecified atom stereocenters. The molecule has 1 aromatic heterocycles. The number of piperidine rings is 1. The number of carbonyl (C=O) groups is 2. The van der Waals surface area contributed by atoms with Crippen LogP contribution in [0, 0.1) is 12.8 Å². The smallest absolute Gasteiger partial charge is 0.267 e. The van der Waals surface area contributed by atoms with Gasteiger partial charge in [0, 0.05) is 32.6 Å². The number of rotatable bonds is 5. The van der Waals surface area contributed by atoms with Crippen LogP contribution in [0.1, 0.15) is 45.8 Å². The van der Waals surface area contributed by atoms with Gasteiger partial charge >= 0.3 is 0 Å². The summed E-state index contributed by atoms with van der Waals surface area (Å²) in [6.07, 6.45) is 3.19. The van der Waals surface area contributed by atoms with E-state index in [9.17, 15) is 18.0 Å². The average molecular weight is 476 g/mol. The normalized spacial score (nSPS) is 18.8. The molecule has 2 amide bonds. The number of aryl methyl sites for hydroxylation is 2. The molecule has 1 aromatic carbocycles. The quantitative estimate of drug-likeness (QED) is 0.702. The van der Waals surface area contributed by atoms with Crippen molar-refractivity contribution in [3.8, 4) is 0 Å². The first-order valence-corrected chi connectivity index (χ1v) is 13.1. The Kier molecular flexibility index (Phi) is 5.50. The highest BCUT2D eigenvalue weighted by Crippen LogP contribution is 2.38. The van der Waals surface area contributed by atoms with Crippen LogP contribution < -0.4 is 9.62 Å². The molecule has 9 nitrogen and oxygen atoms in total. The van der Waals surface area contributed by atoms with Crippen molar-refractivity contribution < 1.29 is 18.0 Å². The third-order valence-corrected chi connectivity index (χ3v) is 8.86. The van der Waals surface area contributed by atoms with E-state index in [0.717, 1.165) is 41.2 Å². The molecule has 5 rings (SSSR count). The molecule has 0 atom stereocenters. The third kappa shape index (κ3) is 3.82. The van der Waals surface area contributed by atoms with Crippen molar-refractivity contribution in [1.29, 1.82) is 0 Å². The summed E-state index contributed by atoms with van der Waals surface area (Å²) in [5.74, 6) is 0.253. The summed E-state index contributed by atoms with van der Waals surface area (Å²) in [4.78, 5) is 29.1. The van der Waals surface area contributed by atoms with Crippen LogP contribution in [0.4, 0.5) is 5.69 Å². The van der Waals surface area contributed by atoms with Crippen molar-refractivity contribution in [2.24, 2.45) is 5.92 Å². The van der Waals surface area contributed by atoms with Gasteiger partial charge in [0.25, 0.3) is 5.91 Å². The fourth-order valence-corrected chi connectivity index (χ4v) is 6.65. The first-order valence-electron chi connectivity index (χ1n) is 10.9. The zero-order valence-electron chi connectivity index (χ0n) is 17.8. The Bertz CT molecular complexity index is 1180. The van der Waals surface area contributed by atoms with Gasteiger partial charge in [-0.1, -0.05) is 4.49 Å². The Morgan fingerprint density at radius 2 is 1.88 bits per heavy atom. The van der Waals surface area contributed by atoms with Crippen LogP contribution in [0.15, 0.2) is 17.0 Å². The van der Waals surface area contributed by atoms with Gasteiger partial charge in [0.1, 0.15) is 4.88 Å². The molecular formula is C21H25N5O4S2. The van der Waals surface area contributed by atoms with Crippen molar-refractivity contribution in [3.05, 3.63) is 33.8 Å². The van der Waals surface area contributed by atoms with E-state index in [0.29, 0.717) is 56.0 Å². The predicted molar refractivity (Wildman–Crippen MR) is 119 cm³/mol. The van der Waals surface area contributed by atoms with Crippen molar-refractivity contribution in [1.82, 2.24) is 19.2 Å². The SMILES string of the molecule is Cc1nnsc1C(=O)N1CCC(CNS(=O)(=O)c2cc3c4c(c2)CCN4C(=O)CC3)CC1. The highest BCUT2D eigenvalue weighted by Gasteiger charge is 2.33. The van der Waals surface area contributed by atoms with E-state index >= 15 is 0 Å². The van der Waals surface area contributed by atoms with Crippen LogP contribution in [0.2, 0.25) is 0 Å². The van der Waals surface area contributed by atoms with Crippen LogP contribution >= 0.6 is 11.5 Å². The number of likely N-dealkylation sites (tertiary alicyclic amines) is 1. The van der Waals surface area contributed by atoms with E-state index in [1.54, 1.807) is 28.9 Å².